The van der Waals surface area contributed by atoms with E-state index in [-0.39, 0.29) is 17.9 Å². The highest BCUT2D eigenvalue weighted by molar-refractivity contribution is 5.79. The summed E-state index contributed by atoms with van der Waals surface area (Å²) in [4.78, 5) is 33.7. The maximum absolute atomic E-state index is 12.6. The van der Waals surface area contributed by atoms with Crippen molar-refractivity contribution < 1.29 is 14.6 Å². The highest BCUT2D eigenvalue weighted by atomic mass is 16.5. The van der Waals surface area contributed by atoms with Gasteiger partial charge in [-0.15, -0.1) is 0 Å². The molecule has 7 nitrogen and oxygen atoms in total. The molecule has 1 aromatic rings. The fourth-order valence-corrected chi connectivity index (χ4v) is 3.83. The van der Waals surface area contributed by atoms with Crippen molar-refractivity contribution in [2.75, 3.05) is 19.7 Å². The molecule has 3 rings (SSSR count). The van der Waals surface area contributed by atoms with E-state index in [1.54, 1.807) is 11.8 Å². The first-order valence-corrected chi connectivity index (χ1v) is 9.13. The van der Waals surface area contributed by atoms with Gasteiger partial charge in [-0.05, 0) is 32.6 Å². The molecule has 2 saturated heterocycles. The van der Waals surface area contributed by atoms with Crippen LogP contribution in [-0.4, -0.2) is 57.3 Å². The van der Waals surface area contributed by atoms with Crippen LogP contribution in [0, 0.1) is 6.92 Å². The quantitative estimate of drug-likeness (QED) is 0.838. The number of nitrogens with zero attached hydrogens (tertiary/aromatic N) is 2. The second-order valence-corrected chi connectivity index (χ2v) is 7.06. The third-order valence-electron chi connectivity index (χ3n) is 5.52. The Labute approximate surface area is 147 Å². The Bertz CT molecular complexity index is 692. The number of carbonyl (C=O) groups is 1. The highest BCUT2D eigenvalue weighted by Crippen LogP contribution is 2.35. The lowest BCUT2D eigenvalue weighted by molar-refractivity contribution is -0.179. The molecule has 0 aliphatic carbocycles. The van der Waals surface area contributed by atoms with Gasteiger partial charge in [0, 0.05) is 37.4 Å². The van der Waals surface area contributed by atoms with Crippen LogP contribution in [0.2, 0.25) is 0 Å². The molecule has 1 spiro atoms. The van der Waals surface area contributed by atoms with Crippen LogP contribution in [0.15, 0.2) is 4.79 Å². The van der Waals surface area contributed by atoms with Crippen molar-refractivity contribution in [2.24, 2.45) is 0 Å². The number of amides is 1. The minimum atomic E-state index is -0.493. The molecule has 2 aliphatic heterocycles. The molecule has 2 fully saturated rings. The molecule has 1 atom stereocenters. The van der Waals surface area contributed by atoms with E-state index in [4.69, 9.17) is 4.74 Å². The second-order valence-electron chi connectivity index (χ2n) is 7.06. The van der Waals surface area contributed by atoms with Crippen LogP contribution >= 0.6 is 0 Å². The van der Waals surface area contributed by atoms with Gasteiger partial charge in [-0.2, -0.15) is 0 Å². The molecular formula is C18H27N3O4. The van der Waals surface area contributed by atoms with Gasteiger partial charge in [0.1, 0.15) is 5.82 Å². The molecule has 0 bridgehead atoms. The number of piperidine rings is 1. The Morgan fingerprint density at radius 1 is 1.44 bits per heavy atom. The molecule has 0 saturated carbocycles. The topological polar surface area (TPSA) is 95.5 Å². The maximum Gasteiger partial charge on any atom is 0.254 e. The minimum absolute atomic E-state index is 0.0641. The average Bonchev–Trinajstić information content (AvgIpc) is 2.61. The smallest absolute Gasteiger partial charge is 0.254 e. The first-order chi connectivity index (χ1) is 11.9. The summed E-state index contributed by atoms with van der Waals surface area (Å²) >= 11 is 0. The van der Waals surface area contributed by atoms with E-state index in [9.17, 15) is 14.7 Å². The predicted octanol–water partition coefficient (Wildman–Crippen LogP) is 0.716. The number of aromatic amines is 1. The van der Waals surface area contributed by atoms with Crippen molar-refractivity contribution in [3.63, 3.8) is 0 Å². The van der Waals surface area contributed by atoms with E-state index < -0.39 is 11.7 Å². The van der Waals surface area contributed by atoms with Crippen LogP contribution in [0.3, 0.4) is 0 Å². The summed E-state index contributed by atoms with van der Waals surface area (Å²) in [5.41, 5.74) is 0.342. The fourth-order valence-electron chi connectivity index (χ4n) is 3.83. The number of nitrogens with one attached hydrogen (secondary N) is 1. The molecule has 1 amide bonds. The molecule has 25 heavy (non-hydrogen) atoms. The van der Waals surface area contributed by atoms with Gasteiger partial charge >= 0.3 is 0 Å². The third kappa shape index (κ3) is 3.62. The summed E-state index contributed by atoms with van der Waals surface area (Å²) in [6, 6.07) is 0. The van der Waals surface area contributed by atoms with E-state index in [2.05, 4.69) is 9.97 Å². The number of aryl methyl sites for hydroxylation is 2. The van der Waals surface area contributed by atoms with Crippen LogP contribution in [-0.2, 0) is 22.4 Å². The van der Waals surface area contributed by atoms with E-state index in [0.717, 1.165) is 12.8 Å². The van der Waals surface area contributed by atoms with Crippen LogP contribution in [0.25, 0.3) is 0 Å². The van der Waals surface area contributed by atoms with Gasteiger partial charge in [0.05, 0.1) is 18.1 Å². The van der Waals surface area contributed by atoms with Crippen LogP contribution in [0.5, 0.6) is 0 Å². The summed E-state index contributed by atoms with van der Waals surface area (Å²) in [5.74, 6) is 0.571. The molecule has 1 unspecified atom stereocenters. The van der Waals surface area contributed by atoms with E-state index in [1.807, 2.05) is 6.92 Å². The Kier molecular flexibility index (Phi) is 5.24. The number of aliphatic hydroxyl groups is 1. The third-order valence-corrected chi connectivity index (χ3v) is 5.52. The Hall–Kier alpha value is -1.73. The average molecular weight is 349 g/mol. The standard InChI is InChI=1S/C18H27N3O4/c1-3-15-19-12(2)13(17(24)20-15)11-16(23)21-8-6-18(7-9-21)14(22)5-4-10-25-18/h14,22H,3-11H2,1-2H3,(H,19,20,24). The predicted molar refractivity (Wildman–Crippen MR) is 92.4 cm³/mol. The number of hydrogen-bond donors (Lipinski definition) is 2. The Morgan fingerprint density at radius 2 is 2.16 bits per heavy atom. The van der Waals surface area contributed by atoms with Crippen molar-refractivity contribution in [3.8, 4) is 0 Å². The summed E-state index contributed by atoms with van der Waals surface area (Å²) < 4.78 is 5.88. The molecule has 0 aromatic carbocycles. The largest absolute Gasteiger partial charge is 0.390 e. The molecule has 2 aliphatic rings. The number of aliphatic hydroxyl groups excluding tert-OH is 1. The number of ether oxygens (including phenoxy) is 1. The van der Waals surface area contributed by atoms with Crippen LogP contribution in [0.1, 0.15) is 49.7 Å². The molecule has 138 valence electrons. The van der Waals surface area contributed by atoms with Gasteiger partial charge in [-0.3, -0.25) is 9.59 Å². The number of H-pyrrole nitrogens is 1. The zero-order valence-electron chi connectivity index (χ0n) is 15.0. The lowest BCUT2D eigenvalue weighted by Crippen LogP contribution is -2.56. The van der Waals surface area contributed by atoms with Crippen LogP contribution < -0.4 is 5.56 Å². The van der Waals surface area contributed by atoms with Crippen molar-refractivity contribution in [1.29, 1.82) is 0 Å². The number of carbonyl (C=O) groups excluding carboxylic acids is 1. The SMILES string of the molecule is CCc1nc(C)c(CC(=O)N2CCC3(CC2)OCCCC3O)c(=O)[nH]1. The van der Waals surface area contributed by atoms with Crippen molar-refractivity contribution in [1.82, 2.24) is 14.9 Å². The van der Waals surface area contributed by atoms with Crippen molar-refractivity contribution >= 4 is 5.91 Å². The first-order valence-electron chi connectivity index (χ1n) is 9.13. The summed E-state index contributed by atoms with van der Waals surface area (Å²) in [6.45, 7) is 5.47. The van der Waals surface area contributed by atoms with Gasteiger partial charge in [-0.25, -0.2) is 4.98 Å². The molecule has 1 aromatic heterocycles. The van der Waals surface area contributed by atoms with Crippen molar-refractivity contribution in [3.05, 3.63) is 27.4 Å². The van der Waals surface area contributed by atoms with Crippen LogP contribution in [0.4, 0.5) is 0 Å². The number of hydrogen-bond acceptors (Lipinski definition) is 5. The zero-order valence-corrected chi connectivity index (χ0v) is 15.0. The lowest BCUT2D eigenvalue weighted by atomic mass is 9.82. The molecule has 2 N–H and O–H groups in total. The number of likely N-dealkylation sites (tertiary alicyclic amines) is 1. The molecule has 0 radical (unpaired) electrons. The normalized spacial score (nSPS) is 23.0. The van der Waals surface area contributed by atoms with E-state index in [1.165, 1.54) is 0 Å². The first kappa shape index (κ1) is 18.1. The van der Waals surface area contributed by atoms with Gasteiger partial charge < -0.3 is 19.7 Å². The Balaban J connectivity index is 1.65. The van der Waals surface area contributed by atoms with Gasteiger partial charge in [0.25, 0.3) is 5.56 Å². The number of rotatable bonds is 3. The van der Waals surface area contributed by atoms with Gasteiger partial charge in [0.2, 0.25) is 5.91 Å². The van der Waals surface area contributed by atoms with Gasteiger partial charge in [0.15, 0.2) is 0 Å². The lowest BCUT2D eigenvalue weighted by Gasteiger charge is -2.46. The van der Waals surface area contributed by atoms with Gasteiger partial charge in [-0.1, -0.05) is 6.92 Å². The molecular weight excluding hydrogens is 322 g/mol. The Morgan fingerprint density at radius 3 is 2.76 bits per heavy atom. The van der Waals surface area contributed by atoms with Crippen molar-refractivity contribution in [2.45, 2.75) is 64.1 Å². The zero-order chi connectivity index (χ0) is 18.0. The summed E-state index contributed by atoms with van der Waals surface area (Å²) in [6.07, 6.45) is 3.20. The highest BCUT2D eigenvalue weighted by Gasteiger charge is 2.44. The van der Waals surface area contributed by atoms with E-state index in [0.29, 0.717) is 56.0 Å². The molecule has 7 heteroatoms. The maximum atomic E-state index is 12.6. The molecule has 3 heterocycles. The number of aromatic nitrogens is 2. The fraction of sp³-hybridized carbons (Fsp3) is 0.722. The minimum Gasteiger partial charge on any atom is -0.390 e. The van der Waals surface area contributed by atoms with E-state index >= 15 is 0 Å². The monoisotopic (exact) mass is 349 g/mol. The summed E-state index contributed by atoms with van der Waals surface area (Å²) in [7, 11) is 0. The second kappa shape index (κ2) is 7.25. The summed E-state index contributed by atoms with van der Waals surface area (Å²) in [5, 5.41) is 10.3.